The number of nitrogens with zero attached hydrogens (tertiary/aromatic N) is 1. The van der Waals surface area contributed by atoms with Crippen molar-refractivity contribution in [3.63, 3.8) is 0 Å². The largest absolute Gasteiger partial charge is 0.450 e. The van der Waals surface area contributed by atoms with E-state index in [2.05, 4.69) is 4.98 Å². The molecular formula is C9H14N2O3. The zero-order valence-electron chi connectivity index (χ0n) is 7.94. The minimum absolute atomic E-state index is 0.303. The summed E-state index contributed by atoms with van der Waals surface area (Å²) in [4.78, 5) is 4.03. The van der Waals surface area contributed by atoms with Crippen LogP contribution in [0.2, 0.25) is 0 Å². The predicted molar refractivity (Wildman–Crippen MR) is 48.8 cm³/mol. The number of hydrogen-bond acceptors (Lipinski definition) is 5. The Morgan fingerprint density at radius 1 is 1.64 bits per heavy atom. The molecule has 0 radical (unpaired) electrons. The SMILES string of the molecule is NCc1coc(OCC2CCOC2)n1. The van der Waals surface area contributed by atoms with E-state index < -0.39 is 0 Å². The molecule has 5 nitrogen and oxygen atoms in total. The summed E-state index contributed by atoms with van der Waals surface area (Å²) in [5, 5.41) is 0. The summed E-state index contributed by atoms with van der Waals surface area (Å²) < 4.78 is 15.6. The summed E-state index contributed by atoms with van der Waals surface area (Å²) in [5.74, 6) is 0.461. The zero-order valence-corrected chi connectivity index (χ0v) is 7.94. The van der Waals surface area contributed by atoms with E-state index in [-0.39, 0.29) is 0 Å². The van der Waals surface area contributed by atoms with Crippen LogP contribution in [0.25, 0.3) is 0 Å². The van der Waals surface area contributed by atoms with Gasteiger partial charge in [0.15, 0.2) is 0 Å². The Hall–Kier alpha value is -1.07. The second-order valence-corrected chi connectivity index (χ2v) is 3.35. The summed E-state index contributed by atoms with van der Waals surface area (Å²) >= 11 is 0. The van der Waals surface area contributed by atoms with Crippen molar-refractivity contribution in [2.45, 2.75) is 13.0 Å². The molecule has 2 N–H and O–H groups in total. The molecule has 5 heteroatoms. The molecule has 2 heterocycles. The first-order valence-electron chi connectivity index (χ1n) is 4.73. The van der Waals surface area contributed by atoms with Crippen molar-refractivity contribution < 1.29 is 13.9 Å². The molecule has 0 aromatic carbocycles. The third-order valence-corrected chi connectivity index (χ3v) is 2.21. The average molecular weight is 198 g/mol. The number of oxazole rings is 1. The first kappa shape index (κ1) is 9.48. The smallest absolute Gasteiger partial charge is 0.393 e. The molecule has 0 aliphatic carbocycles. The van der Waals surface area contributed by atoms with Crippen LogP contribution < -0.4 is 10.5 Å². The summed E-state index contributed by atoms with van der Waals surface area (Å²) in [6, 6.07) is 0. The average Bonchev–Trinajstić information content (AvgIpc) is 2.86. The van der Waals surface area contributed by atoms with E-state index in [1.807, 2.05) is 0 Å². The van der Waals surface area contributed by atoms with Crippen LogP contribution in [-0.2, 0) is 11.3 Å². The van der Waals surface area contributed by atoms with E-state index in [1.165, 1.54) is 6.26 Å². The number of rotatable bonds is 4. The molecule has 1 fully saturated rings. The normalized spacial score (nSPS) is 21.4. The Morgan fingerprint density at radius 3 is 3.21 bits per heavy atom. The lowest BCUT2D eigenvalue weighted by atomic mass is 10.1. The predicted octanol–water partition coefficient (Wildman–Crippen LogP) is 0.549. The van der Waals surface area contributed by atoms with Gasteiger partial charge in [-0.2, -0.15) is 4.98 Å². The van der Waals surface area contributed by atoms with Gasteiger partial charge in [-0.25, -0.2) is 0 Å². The Morgan fingerprint density at radius 2 is 2.57 bits per heavy atom. The molecule has 1 aliphatic rings. The highest BCUT2D eigenvalue weighted by molar-refractivity contribution is 4.98. The fourth-order valence-corrected chi connectivity index (χ4v) is 1.35. The van der Waals surface area contributed by atoms with Gasteiger partial charge in [0, 0.05) is 19.1 Å². The topological polar surface area (TPSA) is 70.5 Å². The maximum absolute atomic E-state index is 5.38. The lowest BCUT2D eigenvalue weighted by molar-refractivity contribution is 0.151. The van der Waals surface area contributed by atoms with Gasteiger partial charge in [-0.1, -0.05) is 0 Å². The van der Waals surface area contributed by atoms with Gasteiger partial charge in [0.1, 0.15) is 6.26 Å². The fraction of sp³-hybridized carbons (Fsp3) is 0.667. The van der Waals surface area contributed by atoms with E-state index in [0.717, 1.165) is 19.6 Å². The number of aromatic nitrogens is 1. The van der Waals surface area contributed by atoms with Crippen LogP contribution in [0.5, 0.6) is 6.08 Å². The number of nitrogens with two attached hydrogens (primary N) is 1. The van der Waals surface area contributed by atoms with Gasteiger partial charge in [-0.15, -0.1) is 0 Å². The summed E-state index contributed by atoms with van der Waals surface area (Å²) in [7, 11) is 0. The van der Waals surface area contributed by atoms with Crippen molar-refractivity contribution >= 4 is 0 Å². The van der Waals surface area contributed by atoms with Crippen LogP contribution in [0, 0.1) is 5.92 Å². The number of ether oxygens (including phenoxy) is 2. The molecule has 14 heavy (non-hydrogen) atoms. The summed E-state index contributed by atoms with van der Waals surface area (Å²) in [6.07, 6.45) is 2.86. The molecule has 1 saturated heterocycles. The van der Waals surface area contributed by atoms with E-state index in [1.54, 1.807) is 0 Å². The molecule has 1 aromatic rings. The zero-order chi connectivity index (χ0) is 9.80. The van der Waals surface area contributed by atoms with Gasteiger partial charge >= 0.3 is 6.08 Å². The highest BCUT2D eigenvalue weighted by Gasteiger charge is 2.17. The van der Waals surface area contributed by atoms with Gasteiger partial charge < -0.3 is 19.6 Å². The Kier molecular flexibility index (Phi) is 3.00. The second-order valence-electron chi connectivity index (χ2n) is 3.35. The van der Waals surface area contributed by atoms with Crippen LogP contribution >= 0.6 is 0 Å². The van der Waals surface area contributed by atoms with Gasteiger partial charge in [0.05, 0.1) is 18.9 Å². The Bertz CT molecular complexity index is 281. The molecule has 1 unspecified atom stereocenters. The van der Waals surface area contributed by atoms with E-state index in [4.69, 9.17) is 19.6 Å². The van der Waals surface area contributed by atoms with Crippen molar-refractivity contribution in [2.24, 2.45) is 11.7 Å². The first-order valence-corrected chi connectivity index (χ1v) is 4.73. The third kappa shape index (κ3) is 2.24. The van der Waals surface area contributed by atoms with Crippen LogP contribution in [0.15, 0.2) is 10.7 Å². The maximum Gasteiger partial charge on any atom is 0.393 e. The van der Waals surface area contributed by atoms with E-state index >= 15 is 0 Å². The molecule has 1 atom stereocenters. The molecule has 0 saturated carbocycles. The van der Waals surface area contributed by atoms with Gasteiger partial charge in [-0.3, -0.25) is 0 Å². The van der Waals surface area contributed by atoms with Crippen LogP contribution in [0.3, 0.4) is 0 Å². The highest BCUT2D eigenvalue weighted by Crippen LogP contribution is 2.15. The molecule has 0 bridgehead atoms. The number of hydrogen-bond donors (Lipinski definition) is 1. The molecule has 2 rings (SSSR count). The minimum Gasteiger partial charge on any atom is -0.450 e. The molecule has 78 valence electrons. The third-order valence-electron chi connectivity index (χ3n) is 2.21. The summed E-state index contributed by atoms with van der Waals surface area (Å²) in [5.41, 5.74) is 6.09. The molecular weight excluding hydrogens is 184 g/mol. The highest BCUT2D eigenvalue weighted by atomic mass is 16.6. The second kappa shape index (κ2) is 4.43. The Balaban J connectivity index is 1.79. The monoisotopic (exact) mass is 198 g/mol. The maximum atomic E-state index is 5.38. The first-order chi connectivity index (χ1) is 6.88. The van der Waals surface area contributed by atoms with Gasteiger partial charge in [0.2, 0.25) is 0 Å². The van der Waals surface area contributed by atoms with Crippen LogP contribution in [0.1, 0.15) is 12.1 Å². The minimum atomic E-state index is 0.303. The van der Waals surface area contributed by atoms with Crippen LogP contribution in [0.4, 0.5) is 0 Å². The van der Waals surface area contributed by atoms with Gasteiger partial charge in [0.25, 0.3) is 0 Å². The molecule has 0 spiro atoms. The van der Waals surface area contributed by atoms with Crippen LogP contribution in [-0.4, -0.2) is 24.8 Å². The summed E-state index contributed by atoms with van der Waals surface area (Å²) in [6.45, 7) is 2.57. The van der Waals surface area contributed by atoms with Gasteiger partial charge in [-0.05, 0) is 6.42 Å². The van der Waals surface area contributed by atoms with Crippen molar-refractivity contribution in [2.75, 3.05) is 19.8 Å². The van der Waals surface area contributed by atoms with Crippen molar-refractivity contribution in [1.82, 2.24) is 4.98 Å². The van der Waals surface area contributed by atoms with E-state index in [9.17, 15) is 0 Å². The molecule has 1 aliphatic heterocycles. The lowest BCUT2D eigenvalue weighted by Gasteiger charge is -2.05. The van der Waals surface area contributed by atoms with Crippen molar-refractivity contribution in [3.05, 3.63) is 12.0 Å². The fourth-order valence-electron chi connectivity index (χ4n) is 1.35. The quantitative estimate of drug-likeness (QED) is 0.765. The van der Waals surface area contributed by atoms with Crippen molar-refractivity contribution in [1.29, 1.82) is 0 Å². The molecule has 1 aromatic heterocycles. The molecule has 0 amide bonds. The van der Waals surface area contributed by atoms with Crippen molar-refractivity contribution in [3.8, 4) is 6.08 Å². The lowest BCUT2D eigenvalue weighted by Crippen LogP contribution is -2.11. The Labute approximate surface area is 82.2 Å². The standard InChI is InChI=1S/C9H14N2O3/c10-3-8-6-14-9(11-8)13-5-7-1-2-12-4-7/h6-7H,1-5,10H2. The van der Waals surface area contributed by atoms with E-state index in [0.29, 0.717) is 30.8 Å².